The summed E-state index contributed by atoms with van der Waals surface area (Å²) in [6.45, 7) is 1.00. The maximum atomic E-state index is 5.76. The van der Waals surface area contributed by atoms with Crippen molar-refractivity contribution in [3.8, 4) is 5.75 Å². The summed E-state index contributed by atoms with van der Waals surface area (Å²) < 4.78 is 5.16. The average molecular weight is 311 g/mol. The van der Waals surface area contributed by atoms with Crippen LogP contribution in [-0.2, 0) is 12.3 Å². The number of halogens is 1. The van der Waals surface area contributed by atoms with Crippen LogP contribution in [0.4, 0.5) is 5.69 Å². The number of aromatic nitrogens is 1. The van der Waals surface area contributed by atoms with Crippen molar-refractivity contribution in [1.82, 2.24) is 4.98 Å². The second-order valence-electron chi connectivity index (χ2n) is 4.59. The molecule has 5 heteroatoms. The van der Waals surface area contributed by atoms with Gasteiger partial charge in [0.05, 0.1) is 23.7 Å². The SMILES string of the molecule is COc1ccc(N(C)CCCc2nc(CCl)cs2)cc1. The van der Waals surface area contributed by atoms with Crippen LogP contribution in [0.3, 0.4) is 0 Å². The van der Waals surface area contributed by atoms with E-state index < -0.39 is 0 Å². The minimum absolute atomic E-state index is 0.502. The molecule has 0 atom stereocenters. The second-order valence-corrected chi connectivity index (χ2v) is 5.80. The van der Waals surface area contributed by atoms with Gasteiger partial charge < -0.3 is 9.64 Å². The molecule has 0 saturated carbocycles. The van der Waals surface area contributed by atoms with Gasteiger partial charge in [-0.1, -0.05) is 0 Å². The number of hydrogen-bond acceptors (Lipinski definition) is 4. The van der Waals surface area contributed by atoms with Crippen molar-refractivity contribution in [2.75, 3.05) is 25.6 Å². The number of benzene rings is 1. The van der Waals surface area contributed by atoms with Crippen molar-refractivity contribution in [2.24, 2.45) is 0 Å². The molecule has 1 aromatic heterocycles. The predicted molar refractivity (Wildman–Crippen MR) is 86.3 cm³/mol. The van der Waals surface area contributed by atoms with E-state index in [-0.39, 0.29) is 0 Å². The topological polar surface area (TPSA) is 25.4 Å². The lowest BCUT2D eigenvalue weighted by atomic mass is 10.2. The molecule has 2 aromatic rings. The zero-order chi connectivity index (χ0) is 14.4. The normalized spacial score (nSPS) is 10.6. The van der Waals surface area contributed by atoms with E-state index in [1.165, 1.54) is 10.7 Å². The van der Waals surface area contributed by atoms with Crippen molar-refractivity contribution in [3.05, 3.63) is 40.3 Å². The van der Waals surface area contributed by atoms with E-state index in [0.717, 1.165) is 30.8 Å². The first-order valence-corrected chi connectivity index (χ1v) is 7.99. The molecular formula is C15H19ClN2OS. The standard InChI is InChI=1S/C15H19ClN2OS/c1-18(13-5-7-14(19-2)8-6-13)9-3-4-15-17-12(10-16)11-20-15/h5-8,11H,3-4,9-10H2,1-2H3. The van der Waals surface area contributed by atoms with Crippen LogP contribution in [-0.4, -0.2) is 25.7 Å². The minimum atomic E-state index is 0.502. The highest BCUT2D eigenvalue weighted by Crippen LogP contribution is 2.19. The number of alkyl halides is 1. The first-order valence-electron chi connectivity index (χ1n) is 6.57. The summed E-state index contributed by atoms with van der Waals surface area (Å²) in [5.41, 5.74) is 2.18. The Hall–Kier alpha value is -1.26. The molecule has 108 valence electrons. The third-order valence-corrected chi connectivity index (χ3v) is 4.36. The van der Waals surface area contributed by atoms with Crippen molar-refractivity contribution < 1.29 is 4.74 Å². The zero-order valence-corrected chi connectivity index (χ0v) is 13.4. The lowest BCUT2D eigenvalue weighted by Crippen LogP contribution is -2.18. The molecule has 0 saturated heterocycles. The van der Waals surface area contributed by atoms with Crippen LogP contribution in [0.1, 0.15) is 17.1 Å². The molecule has 0 aliphatic rings. The summed E-state index contributed by atoms with van der Waals surface area (Å²) in [7, 11) is 3.79. The Kier molecular flexibility index (Phi) is 5.68. The quantitative estimate of drug-likeness (QED) is 0.724. The monoisotopic (exact) mass is 310 g/mol. The van der Waals surface area contributed by atoms with Gasteiger partial charge >= 0.3 is 0 Å². The second kappa shape index (κ2) is 7.50. The molecule has 0 bridgehead atoms. The molecule has 1 heterocycles. The average Bonchev–Trinajstić information content (AvgIpc) is 2.95. The van der Waals surface area contributed by atoms with Crippen molar-refractivity contribution in [3.63, 3.8) is 0 Å². The minimum Gasteiger partial charge on any atom is -0.497 e. The molecule has 2 rings (SSSR count). The van der Waals surface area contributed by atoms with Crippen LogP contribution in [0, 0.1) is 0 Å². The van der Waals surface area contributed by atoms with Crippen LogP contribution in [0.15, 0.2) is 29.6 Å². The van der Waals surface area contributed by atoms with Gasteiger partial charge in [0.1, 0.15) is 5.75 Å². The Bertz CT molecular complexity index is 527. The fourth-order valence-electron chi connectivity index (χ4n) is 1.96. The number of rotatable bonds is 7. The summed E-state index contributed by atoms with van der Waals surface area (Å²) in [6, 6.07) is 8.13. The highest BCUT2D eigenvalue weighted by molar-refractivity contribution is 7.09. The lowest BCUT2D eigenvalue weighted by molar-refractivity contribution is 0.415. The smallest absolute Gasteiger partial charge is 0.119 e. The maximum Gasteiger partial charge on any atom is 0.119 e. The van der Waals surface area contributed by atoms with Crippen molar-refractivity contribution >= 4 is 28.6 Å². The van der Waals surface area contributed by atoms with Gasteiger partial charge in [-0.25, -0.2) is 4.98 Å². The highest BCUT2D eigenvalue weighted by atomic mass is 35.5. The van der Waals surface area contributed by atoms with E-state index in [1.54, 1.807) is 18.4 Å². The van der Waals surface area contributed by atoms with Crippen LogP contribution in [0.2, 0.25) is 0 Å². The fraction of sp³-hybridized carbons (Fsp3) is 0.400. The molecule has 20 heavy (non-hydrogen) atoms. The number of anilines is 1. The third-order valence-electron chi connectivity index (χ3n) is 3.13. The van der Waals surface area contributed by atoms with Gasteiger partial charge in [0, 0.05) is 31.1 Å². The number of thiazole rings is 1. The molecule has 0 unspecified atom stereocenters. The zero-order valence-electron chi connectivity index (χ0n) is 11.8. The van der Waals surface area contributed by atoms with Crippen molar-refractivity contribution in [1.29, 1.82) is 0 Å². The molecular weight excluding hydrogens is 292 g/mol. The third kappa shape index (κ3) is 4.12. The predicted octanol–water partition coefficient (Wildman–Crippen LogP) is 3.96. The Morgan fingerprint density at radius 1 is 1.30 bits per heavy atom. The first-order chi connectivity index (χ1) is 9.72. The number of hydrogen-bond donors (Lipinski definition) is 0. The van der Waals surface area contributed by atoms with Gasteiger partial charge in [0.25, 0.3) is 0 Å². The Labute approximate surface area is 129 Å². The van der Waals surface area contributed by atoms with Gasteiger partial charge in [0.2, 0.25) is 0 Å². The Balaban J connectivity index is 1.80. The largest absolute Gasteiger partial charge is 0.497 e. The Morgan fingerprint density at radius 3 is 2.65 bits per heavy atom. The highest BCUT2D eigenvalue weighted by Gasteiger charge is 2.04. The van der Waals surface area contributed by atoms with Gasteiger partial charge in [-0.2, -0.15) is 0 Å². The van der Waals surface area contributed by atoms with Gasteiger partial charge in [-0.3, -0.25) is 0 Å². The van der Waals surface area contributed by atoms with Crippen LogP contribution in [0.5, 0.6) is 5.75 Å². The van der Waals surface area contributed by atoms with E-state index >= 15 is 0 Å². The summed E-state index contributed by atoms with van der Waals surface area (Å²) >= 11 is 7.45. The van der Waals surface area contributed by atoms with Gasteiger partial charge in [-0.05, 0) is 30.7 Å². The number of methoxy groups -OCH3 is 1. The molecule has 0 radical (unpaired) electrons. The summed E-state index contributed by atoms with van der Waals surface area (Å²) in [6.07, 6.45) is 2.08. The van der Waals surface area contributed by atoms with E-state index in [1.807, 2.05) is 17.5 Å². The van der Waals surface area contributed by atoms with E-state index in [9.17, 15) is 0 Å². The number of ether oxygens (including phenoxy) is 1. The molecule has 0 aliphatic heterocycles. The number of nitrogens with zero attached hydrogens (tertiary/aromatic N) is 2. The molecule has 0 amide bonds. The molecule has 3 nitrogen and oxygen atoms in total. The summed E-state index contributed by atoms with van der Waals surface area (Å²) in [5, 5.41) is 3.21. The van der Waals surface area contributed by atoms with Crippen LogP contribution >= 0.6 is 22.9 Å². The van der Waals surface area contributed by atoms with Crippen LogP contribution < -0.4 is 9.64 Å². The Morgan fingerprint density at radius 2 is 2.05 bits per heavy atom. The van der Waals surface area contributed by atoms with E-state index in [0.29, 0.717) is 5.88 Å². The molecule has 1 aromatic carbocycles. The molecule has 0 N–H and O–H groups in total. The lowest BCUT2D eigenvalue weighted by Gasteiger charge is -2.19. The van der Waals surface area contributed by atoms with E-state index in [4.69, 9.17) is 16.3 Å². The molecule has 0 aliphatic carbocycles. The summed E-state index contributed by atoms with van der Waals surface area (Å²) in [4.78, 5) is 6.72. The van der Waals surface area contributed by atoms with Gasteiger partial charge in [0.15, 0.2) is 0 Å². The maximum absolute atomic E-state index is 5.76. The van der Waals surface area contributed by atoms with Gasteiger partial charge in [-0.15, -0.1) is 22.9 Å². The van der Waals surface area contributed by atoms with E-state index in [2.05, 4.69) is 29.1 Å². The molecule has 0 spiro atoms. The van der Waals surface area contributed by atoms with Crippen LogP contribution in [0.25, 0.3) is 0 Å². The molecule has 0 fully saturated rings. The number of aryl methyl sites for hydroxylation is 1. The fourth-order valence-corrected chi connectivity index (χ4v) is 3.03. The summed E-state index contributed by atoms with van der Waals surface area (Å²) in [5.74, 6) is 1.39. The first kappa shape index (κ1) is 15.1. The van der Waals surface area contributed by atoms with Crippen molar-refractivity contribution in [2.45, 2.75) is 18.7 Å².